The maximum atomic E-state index is 13.9. The molecule has 6 nitrogen and oxygen atoms in total. The summed E-state index contributed by atoms with van der Waals surface area (Å²) in [5.41, 5.74) is 0.529. The van der Waals surface area contributed by atoms with Gasteiger partial charge in [0.15, 0.2) is 0 Å². The number of fused-ring (bicyclic) bond motifs is 1. The SMILES string of the molecule is O=C1CO[C@H]2CCN(C(=O)N3CCC(Cc4ccc(F)cc4F)CC3)C[C@H]2N1. The van der Waals surface area contributed by atoms with Crippen LogP contribution in [0.2, 0.25) is 0 Å². The van der Waals surface area contributed by atoms with E-state index in [1.54, 1.807) is 4.90 Å². The van der Waals surface area contributed by atoms with Crippen LogP contribution in [0.3, 0.4) is 0 Å². The van der Waals surface area contributed by atoms with Crippen molar-refractivity contribution in [3.8, 4) is 0 Å². The topological polar surface area (TPSA) is 61.9 Å². The highest BCUT2D eigenvalue weighted by Crippen LogP contribution is 2.25. The third-order valence-corrected chi connectivity index (χ3v) is 6.00. The fraction of sp³-hybridized carbons (Fsp3) is 0.600. The Kier molecular flexibility index (Phi) is 5.48. The summed E-state index contributed by atoms with van der Waals surface area (Å²) in [4.78, 5) is 28.0. The third kappa shape index (κ3) is 4.11. The van der Waals surface area contributed by atoms with Crippen molar-refractivity contribution < 1.29 is 23.1 Å². The molecule has 3 heterocycles. The first-order chi connectivity index (χ1) is 13.5. The molecular formula is C20H25F2N3O3. The Morgan fingerprint density at radius 2 is 1.89 bits per heavy atom. The molecule has 3 amide bonds. The van der Waals surface area contributed by atoms with Gasteiger partial charge in [-0.3, -0.25) is 4.79 Å². The first kappa shape index (κ1) is 19.1. The van der Waals surface area contributed by atoms with Crippen molar-refractivity contribution in [2.24, 2.45) is 5.92 Å². The Bertz CT molecular complexity index is 752. The summed E-state index contributed by atoms with van der Waals surface area (Å²) in [5.74, 6) is -0.923. The fourth-order valence-corrected chi connectivity index (χ4v) is 4.40. The number of hydrogen-bond acceptors (Lipinski definition) is 3. The number of likely N-dealkylation sites (tertiary alicyclic amines) is 2. The Balaban J connectivity index is 1.28. The summed E-state index contributed by atoms with van der Waals surface area (Å²) in [6.07, 6.45) is 2.85. The van der Waals surface area contributed by atoms with Crippen molar-refractivity contribution in [1.82, 2.24) is 15.1 Å². The lowest BCUT2D eigenvalue weighted by atomic mass is 9.90. The van der Waals surface area contributed by atoms with Crippen molar-refractivity contribution in [3.63, 3.8) is 0 Å². The van der Waals surface area contributed by atoms with E-state index in [1.165, 1.54) is 12.1 Å². The van der Waals surface area contributed by atoms with Crippen molar-refractivity contribution in [3.05, 3.63) is 35.4 Å². The van der Waals surface area contributed by atoms with E-state index in [0.29, 0.717) is 38.2 Å². The zero-order valence-corrected chi connectivity index (χ0v) is 15.7. The minimum Gasteiger partial charge on any atom is -0.366 e. The van der Waals surface area contributed by atoms with Crippen LogP contribution in [0.4, 0.5) is 13.6 Å². The summed E-state index contributed by atoms with van der Waals surface area (Å²) in [5, 5.41) is 2.91. The first-order valence-corrected chi connectivity index (χ1v) is 9.88. The number of morpholine rings is 1. The minimum absolute atomic E-state index is 0.00955. The lowest BCUT2D eigenvalue weighted by Gasteiger charge is -2.43. The zero-order valence-electron chi connectivity index (χ0n) is 15.7. The van der Waals surface area contributed by atoms with Crippen LogP contribution in [0.25, 0.3) is 0 Å². The van der Waals surface area contributed by atoms with Gasteiger partial charge >= 0.3 is 6.03 Å². The van der Waals surface area contributed by atoms with Gasteiger partial charge in [0.25, 0.3) is 0 Å². The van der Waals surface area contributed by atoms with Gasteiger partial charge in [-0.05, 0) is 43.2 Å². The van der Waals surface area contributed by atoms with E-state index >= 15 is 0 Å². The number of hydrogen-bond donors (Lipinski definition) is 1. The molecule has 28 heavy (non-hydrogen) atoms. The minimum atomic E-state index is -0.565. The summed E-state index contributed by atoms with van der Waals surface area (Å²) >= 11 is 0. The van der Waals surface area contributed by atoms with Gasteiger partial charge in [0.2, 0.25) is 5.91 Å². The second-order valence-corrected chi connectivity index (χ2v) is 7.91. The quantitative estimate of drug-likeness (QED) is 0.835. The number of ether oxygens (including phenoxy) is 1. The average molecular weight is 393 g/mol. The summed E-state index contributed by atoms with van der Waals surface area (Å²) in [6.45, 7) is 2.43. The number of carbonyl (C=O) groups excluding carboxylic acids is 2. The van der Waals surface area contributed by atoms with Crippen molar-refractivity contribution in [2.75, 3.05) is 32.8 Å². The van der Waals surface area contributed by atoms with Crippen LogP contribution in [0.15, 0.2) is 18.2 Å². The molecule has 0 unspecified atom stereocenters. The van der Waals surface area contributed by atoms with Gasteiger partial charge in [0.1, 0.15) is 18.2 Å². The number of urea groups is 1. The maximum Gasteiger partial charge on any atom is 0.320 e. The van der Waals surface area contributed by atoms with Crippen LogP contribution >= 0.6 is 0 Å². The lowest BCUT2D eigenvalue weighted by molar-refractivity contribution is -0.139. The van der Waals surface area contributed by atoms with Crippen LogP contribution < -0.4 is 5.32 Å². The number of nitrogens with one attached hydrogen (secondary N) is 1. The largest absolute Gasteiger partial charge is 0.366 e. The van der Waals surface area contributed by atoms with Gasteiger partial charge in [-0.1, -0.05) is 6.07 Å². The second-order valence-electron chi connectivity index (χ2n) is 7.91. The molecule has 4 rings (SSSR count). The molecule has 0 spiro atoms. The molecule has 1 aromatic rings. The number of halogens is 2. The Morgan fingerprint density at radius 1 is 1.14 bits per heavy atom. The van der Waals surface area contributed by atoms with E-state index in [4.69, 9.17) is 4.74 Å². The average Bonchev–Trinajstić information content (AvgIpc) is 2.69. The van der Waals surface area contributed by atoms with E-state index in [2.05, 4.69) is 5.32 Å². The molecular weight excluding hydrogens is 368 g/mol. The van der Waals surface area contributed by atoms with Crippen LogP contribution in [-0.2, 0) is 16.0 Å². The monoisotopic (exact) mass is 393 g/mol. The lowest BCUT2D eigenvalue weighted by Crippen LogP contribution is -2.62. The fourth-order valence-electron chi connectivity index (χ4n) is 4.40. The standard InChI is InChI=1S/C20H25F2N3O3/c21-15-2-1-14(16(22)10-15)9-13-3-6-24(7-4-13)20(27)25-8-5-18-17(11-25)23-19(26)12-28-18/h1-2,10,13,17-18H,3-9,11-12H2,(H,23,26)/t17-,18+/m1/s1. The van der Waals surface area contributed by atoms with Gasteiger partial charge < -0.3 is 19.9 Å². The molecule has 3 aliphatic rings. The summed E-state index contributed by atoms with van der Waals surface area (Å²) in [6, 6.07) is 3.56. The smallest absolute Gasteiger partial charge is 0.320 e. The van der Waals surface area contributed by atoms with Gasteiger partial charge in [0.05, 0.1) is 12.1 Å². The molecule has 3 fully saturated rings. The Labute approximate surface area is 162 Å². The third-order valence-electron chi connectivity index (χ3n) is 6.00. The predicted molar refractivity (Wildman–Crippen MR) is 97.6 cm³/mol. The first-order valence-electron chi connectivity index (χ1n) is 9.88. The molecule has 0 aromatic heterocycles. The van der Waals surface area contributed by atoms with Crippen LogP contribution in [-0.4, -0.2) is 66.7 Å². The van der Waals surface area contributed by atoms with Gasteiger partial charge in [-0.25, -0.2) is 13.6 Å². The second kappa shape index (κ2) is 8.03. The number of piperidine rings is 2. The van der Waals surface area contributed by atoms with Gasteiger partial charge in [-0.2, -0.15) is 0 Å². The molecule has 8 heteroatoms. The van der Waals surface area contributed by atoms with Gasteiger partial charge in [0, 0.05) is 32.2 Å². The molecule has 0 aliphatic carbocycles. The number of rotatable bonds is 2. The van der Waals surface area contributed by atoms with Crippen LogP contribution in [0.5, 0.6) is 0 Å². The highest BCUT2D eigenvalue weighted by molar-refractivity contribution is 5.79. The van der Waals surface area contributed by atoms with Crippen LogP contribution in [0.1, 0.15) is 24.8 Å². The van der Waals surface area contributed by atoms with E-state index in [-0.39, 0.29) is 36.6 Å². The van der Waals surface area contributed by atoms with E-state index in [9.17, 15) is 18.4 Å². The molecule has 1 N–H and O–H groups in total. The number of nitrogens with zero attached hydrogens (tertiary/aromatic N) is 2. The number of carbonyl (C=O) groups is 2. The molecule has 152 valence electrons. The van der Waals surface area contributed by atoms with E-state index < -0.39 is 11.6 Å². The number of benzene rings is 1. The molecule has 3 saturated heterocycles. The van der Waals surface area contributed by atoms with E-state index in [1.807, 2.05) is 4.90 Å². The normalized spacial score (nSPS) is 26.0. The Hall–Kier alpha value is -2.22. The van der Waals surface area contributed by atoms with Crippen molar-refractivity contribution >= 4 is 11.9 Å². The molecule has 1 aromatic carbocycles. The highest BCUT2D eigenvalue weighted by Gasteiger charge is 2.38. The summed E-state index contributed by atoms with van der Waals surface area (Å²) < 4.78 is 32.5. The molecule has 3 aliphatic heterocycles. The van der Waals surface area contributed by atoms with Gasteiger partial charge in [-0.15, -0.1) is 0 Å². The van der Waals surface area contributed by atoms with Crippen LogP contribution in [0, 0.1) is 17.6 Å². The molecule has 0 bridgehead atoms. The van der Waals surface area contributed by atoms with Crippen molar-refractivity contribution in [1.29, 1.82) is 0 Å². The van der Waals surface area contributed by atoms with Crippen molar-refractivity contribution in [2.45, 2.75) is 37.8 Å². The zero-order chi connectivity index (χ0) is 19.7. The molecule has 0 radical (unpaired) electrons. The predicted octanol–water partition coefficient (Wildman–Crippen LogP) is 1.93. The maximum absolute atomic E-state index is 13.9. The molecule has 0 saturated carbocycles. The van der Waals surface area contributed by atoms with E-state index in [0.717, 1.165) is 25.3 Å². The summed E-state index contributed by atoms with van der Waals surface area (Å²) in [7, 11) is 0. The highest BCUT2D eigenvalue weighted by atomic mass is 19.1. The molecule has 2 atom stereocenters. The Morgan fingerprint density at radius 3 is 2.64 bits per heavy atom. The number of amides is 3.